The van der Waals surface area contributed by atoms with Crippen molar-refractivity contribution in [2.75, 3.05) is 0 Å². The molecule has 0 bridgehead atoms. The van der Waals surface area contributed by atoms with Gasteiger partial charge in [0.15, 0.2) is 0 Å². The molecule has 0 saturated heterocycles. The van der Waals surface area contributed by atoms with Crippen LogP contribution in [0.25, 0.3) is 0 Å². The predicted molar refractivity (Wildman–Crippen MR) is 55.7 cm³/mol. The standard InChI is InChI=1S/C10H17NOS/c1-7(2)10(12,8(3)4)9-5-13-6-11-9/h5-8,12H,1-4H3. The maximum atomic E-state index is 10.5. The normalized spacial score (nSPS) is 12.8. The first-order valence-electron chi connectivity index (χ1n) is 4.60. The molecule has 0 radical (unpaired) electrons. The third kappa shape index (κ3) is 1.76. The molecular formula is C10H17NOS. The van der Waals surface area contributed by atoms with Gasteiger partial charge in [-0.1, -0.05) is 27.7 Å². The molecule has 0 aliphatic rings. The van der Waals surface area contributed by atoms with Crippen molar-refractivity contribution < 1.29 is 5.11 Å². The summed E-state index contributed by atoms with van der Waals surface area (Å²) in [7, 11) is 0. The Labute approximate surface area is 83.6 Å². The molecule has 3 heteroatoms. The molecule has 0 spiro atoms. The fraction of sp³-hybridized carbons (Fsp3) is 0.700. The van der Waals surface area contributed by atoms with Crippen molar-refractivity contribution in [2.24, 2.45) is 11.8 Å². The second kappa shape index (κ2) is 3.76. The molecule has 0 amide bonds. The molecule has 1 N–H and O–H groups in total. The maximum absolute atomic E-state index is 10.5. The molecule has 0 saturated carbocycles. The molecule has 0 aliphatic carbocycles. The van der Waals surface area contributed by atoms with Crippen molar-refractivity contribution >= 4 is 11.3 Å². The number of thiazole rings is 1. The van der Waals surface area contributed by atoms with Crippen LogP contribution in [0.2, 0.25) is 0 Å². The summed E-state index contributed by atoms with van der Waals surface area (Å²) in [5.74, 6) is 0.379. The van der Waals surface area contributed by atoms with Gasteiger partial charge in [-0.2, -0.15) is 0 Å². The summed E-state index contributed by atoms with van der Waals surface area (Å²) in [6.45, 7) is 8.11. The molecule has 1 rings (SSSR count). The zero-order chi connectivity index (χ0) is 10.1. The van der Waals surface area contributed by atoms with E-state index in [9.17, 15) is 5.11 Å². The molecule has 0 unspecified atom stereocenters. The Morgan fingerprint density at radius 1 is 1.31 bits per heavy atom. The van der Waals surface area contributed by atoms with Gasteiger partial charge in [0.2, 0.25) is 0 Å². The van der Waals surface area contributed by atoms with Crippen LogP contribution in [0.1, 0.15) is 33.4 Å². The van der Waals surface area contributed by atoms with Crippen LogP contribution < -0.4 is 0 Å². The molecule has 1 aromatic rings. The van der Waals surface area contributed by atoms with Crippen molar-refractivity contribution in [2.45, 2.75) is 33.3 Å². The van der Waals surface area contributed by atoms with E-state index in [1.165, 1.54) is 11.3 Å². The minimum absolute atomic E-state index is 0.189. The molecule has 74 valence electrons. The third-order valence-electron chi connectivity index (χ3n) is 2.60. The number of nitrogens with zero attached hydrogens (tertiary/aromatic N) is 1. The van der Waals surface area contributed by atoms with Gasteiger partial charge >= 0.3 is 0 Å². The number of hydrogen-bond acceptors (Lipinski definition) is 3. The van der Waals surface area contributed by atoms with Crippen LogP contribution in [-0.4, -0.2) is 10.1 Å². The monoisotopic (exact) mass is 199 g/mol. The van der Waals surface area contributed by atoms with Gasteiger partial charge in [-0.15, -0.1) is 11.3 Å². The first-order valence-corrected chi connectivity index (χ1v) is 5.55. The lowest BCUT2D eigenvalue weighted by atomic mass is 9.78. The summed E-state index contributed by atoms with van der Waals surface area (Å²) in [5, 5.41) is 12.4. The predicted octanol–water partition coefficient (Wildman–Crippen LogP) is 2.64. The minimum atomic E-state index is -0.778. The van der Waals surface area contributed by atoms with E-state index in [0.717, 1.165) is 5.69 Å². The van der Waals surface area contributed by atoms with E-state index in [1.807, 2.05) is 33.1 Å². The minimum Gasteiger partial charge on any atom is -0.383 e. The zero-order valence-electron chi connectivity index (χ0n) is 8.61. The lowest BCUT2D eigenvalue weighted by Gasteiger charge is -2.34. The average Bonchev–Trinajstić information content (AvgIpc) is 2.54. The van der Waals surface area contributed by atoms with Crippen LogP contribution in [-0.2, 0) is 5.60 Å². The van der Waals surface area contributed by atoms with Crippen molar-refractivity contribution in [3.8, 4) is 0 Å². The van der Waals surface area contributed by atoms with Gasteiger partial charge in [0, 0.05) is 5.38 Å². The highest BCUT2D eigenvalue weighted by Gasteiger charge is 2.38. The van der Waals surface area contributed by atoms with E-state index in [1.54, 1.807) is 5.51 Å². The van der Waals surface area contributed by atoms with Gasteiger partial charge in [0.25, 0.3) is 0 Å². The van der Waals surface area contributed by atoms with Crippen LogP contribution in [0.5, 0.6) is 0 Å². The molecular weight excluding hydrogens is 182 g/mol. The third-order valence-corrected chi connectivity index (χ3v) is 3.19. The van der Waals surface area contributed by atoms with Gasteiger partial charge in [-0.05, 0) is 11.8 Å². The molecule has 0 atom stereocenters. The number of aliphatic hydroxyl groups is 1. The molecule has 0 fully saturated rings. The fourth-order valence-corrected chi connectivity index (χ4v) is 2.28. The SMILES string of the molecule is CC(C)C(O)(c1cscn1)C(C)C. The lowest BCUT2D eigenvalue weighted by Crippen LogP contribution is -2.37. The number of aromatic nitrogens is 1. The molecule has 0 aromatic carbocycles. The van der Waals surface area contributed by atoms with Gasteiger partial charge in [0.05, 0.1) is 11.2 Å². The smallest absolute Gasteiger partial charge is 0.112 e. The van der Waals surface area contributed by atoms with Crippen molar-refractivity contribution in [3.05, 3.63) is 16.6 Å². The van der Waals surface area contributed by atoms with Crippen molar-refractivity contribution in [1.82, 2.24) is 4.98 Å². The van der Waals surface area contributed by atoms with E-state index in [0.29, 0.717) is 0 Å². The highest BCUT2D eigenvalue weighted by Crippen LogP contribution is 2.36. The summed E-state index contributed by atoms with van der Waals surface area (Å²) >= 11 is 1.53. The number of rotatable bonds is 3. The Kier molecular flexibility index (Phi) is 3.09. The molecule has 1 aromatic heterocycles. The topological polar surface area (TPSA) is 33.1 Å². The summed E-state index contributed by atoms with van der Waals surface area (Å²) in [4.78, 5) is 4.20. The molecule has 0 aliphatic heterocycles. The summed E-state index contributed by atoms with van der Waals surface area (Å²) in [6, 6.07) is 0. The van der Waals surface area contributed by atoms with E-state index >= 15 is 0 Å². The Morgan fingerprint density at radius 3 is 2.15 bits per heavy atom. The quantitative estimate of drug-likeness (QED) is 0.811. The Morgan fingerprint density at radius 2 is 1.85 bits per heavy atom. The van der Waals surface area contributed by atoms with Crippen LogP contribution in [0, 0.1) is 11.8 Å². The summed E-state index contributed by atoms with van der Waals surface area (Å²) in [6.07, 6.45) is 0. The van der Waals surface area contributed by atoms with Crippen LogP contribution in [0.15, 0.2) is 10.9 Å². The second-order valence-corrected chi connectivity index (χ2v) is 4.73. The summed E-state index contributed by atoms with van der Waals surface area (Å²) < 4.78 is 0. The van der Waals surface area contributed by atoms with Crippen molar-refractivity contribution in [1.29, 1.82) is 0 Å². The van der Waals surface area contributed by atoms with E-state index in [-0.39, 0.29) is 11.8 Å². The van der Waals surface area contributed by atoms with Crippen LogP contribution in [0.4, 0.5) is 0 Å². The van der Waals surface area contributed by atoms with Crippen molar-refractivity contribution in [3.63, 3.8) is 0 Å². The van der Waals surface area contributed by atoms with Crippen LogP contribution >= 0.6 is 11.3 Å². The Balaban J connectivity index is 3.06. The van der Waals surface area contributed by atoms with Gasteiger partial charge in [0.1, 0.15) is 5.60 Å². The van der Waals surface area contributed by atoms with Gasteiger partial charge in [-0.25, -0.2) is 4.98 Å². The van der Waals surface area contributed by atoms with E-state index < -0.39 is 5.60 Å². The fourth-order valence-electron chi connectivity index (χ4n) is 1.67. The van der Waals surface area contributed by atoms with E-state index in [2.05, 4.69) is 4.98 Å². The molecule has 13 heavy (non-hydrogen) atoms. The highest BCUT2D eigenvalue weighted by molar-refractivity contribution is 7.07. The average molecular weight is 199 g/mol. The Bertz CT molecular complexity index is 246. The first kappa shape index (κ1) is 10.7. The highest BCUT2D eigenvalue weighted by atomic mass is 32.1. The van der Waals surface area contributed by atoms with Gasteiger partial charge < -0.3 is 5.11 Å². The Hall–Kier alpha value is -0.410. The second-order valence-electron chi connectivity index (χ2n) is 4.01. The summed E-state index contributed by atoms with van der Waals surface area (Å²) in [5.41, 5.74) is 1.80. The van der Waals surface area contributed by atoms with E-state index in [4.69, 9.17) is 0 Å². The number of hydrogen-bond donors (Lipinski definition) is 1. The molecule has 1 heterocycles. The maximum Gasteiger partial charge on any atom is 0.112 e. The lowest BCUT2D eigenvalue weighted by molar-refractivity contribution is -0.0563. The zero-order valence-corrected chi connectivity index (χ0v) is 9.43. The molecule has 2 nitrogen and oxygen atoms in total. The largest absolute Gasteiger partial charge is 0.383 e. The first-order chi connectivity index (χ1) is 5.99. The van der Waals surface area contributed by atoms with Gasteiger partial charge in [-0.3, -0.25) is 0 Å². The van der Waals surface area contributed by atoms with Crippen LogP contribution in [0.3, 0.4) is 0 Å².